The molecule has 404 valence electrons. The van der Waals surface area contributed by atoms with Crippen LogP contribution in [0.3, 0.4) is 0 Å². The largest absolute Gasteiger partial charge is 0.394 e. The molecular weight excluding hydrogens is 871 g/mol. The van der Waals surface area contributed by atoms with Gasteiger partial charge in [0.25, 0.3) is 0 Å². The van der Waals surface area contributed by atoms with E-state index in [2.05, 4.69) is 67.8 Å². The van der Waals surface area contributed by atoms with Gasteiger partial charge in [-0.05, 0) is 89.9 Å². The van der Waals surface area contributed by atoms with Gasteiger partial charge in [-0.3, -0.25) is 4.79 Å². The highest BCUT2D eigenvalue weighted by Crippen LogP contribution is 2.23. The van der Waals surface area contributed by atoms with Gasteiger partial charge in [0, 0.05) is 0 Å². The molecule has 0 aromatic carbocycles. The fourth-order valence-corrected chi connectivity index (χ4v) is 8.88. The monoisotopic (exact) mass is 978 g/mol. The van der Waals surface area contributed by atoms with Crippen LogP contribution in [0.2, 0.25) is 0 Å². The molecule has 11 nitrogen and oxygen atoms in total. The Balaban J connectivity index is 2.30. The van der Waals surface area contributed by atoms with Crippen LogP contribution < -0.4 is 5.32 Å². The first-order valence-corrected chi connectivity index (χ1v) is 28.5. The molecule has 1 aliphatic rings. The number of rotatable bonds is 48. The maximum absolute atomic E-state index is 13.1. The molecule has 9 unspecified atom stereocenters. The Bertz CT molecular complexity index is 1260. The second-order valence-corrected chi connectivity index (χ2v) is 20.0. The number of aliphatic hydroxyl groups is 7. The van der Waals surface area contributed by atoms with E-state index in [1.54, 1.807) is 0 Å². The zero-order valence-electron chi connectivity index (χ0n) is 44.0. The lowest BCUT2D eigenvalue weighted by Gasteiger charge is -2.40. The molecule has 1 rings (SSSR count). The molecule has 8 N–H and O–H groups in total. The molecule has 0 radical (unpaired) electrons. The van der Waals surface area contributed by atoms with Gasteiger partial charge < -0.3 is 50.5 Å². The smallest absolute Gasteiger partial charge is 0.249 e. The molecule has 1 aliphatic heterocycles. The third kappa shape index (κ3) is 35.8. The summed E-state index contributed by atoms with van der Waals surface area (Å²) in [6.07, 6.45) is 47.7. The van der Waals surface area contributed by atoms with Crippen LogP contribution in [0.4, 0.5) is 0 Å². The van der Waals surface area contributed by atoms with Crippen LogP contribution in [0.1, 0.15) is 245 Å². The van der Waals surface area contributed by atoms with E-state index < -0.39 is 74.2 Å². The Labute approximate surface area is 421 Å². The molecule has 0 spiro atoms. The molecule has 11 heteroatoms. The maximum atomic E-state index is 13.1. The van der Waals surface area contributed by atoms with E-state index in [0.717, 1.165) is 44.9 Å². The molecular formula is C58H107NO10. The molecule has 0 aromatic rings. The van der Waals surface area contributed by atoms with Gasteiger partial charge in [-0.15, -0.1) is 0 Å². The number of nitrogens with one attached hydrogen (secondary N) is 1. The van der Waals surface area contributed by atoms with Gasteiger partial charge >= 0.3 is 0 Å². The summed E-state index contributed by atoms with van der Waals surface area (Å²) in [5, 5.41) is 75.8. The number of ether oxygens (including phenoxy) is 2. The molecule has 1 saturated heterocycles. The van der Waals surface area contributed by atoms with Gasteiger partial charge in [0.2, 0.25) is 5.91 Å². The zero-order valence-corrected chi connectivity index (χ0v) is 44.0. The maximum Gasteiger partial charge on any atom is 0.249 e. The molecule has 9 atom stereocenters. The zero-order chi connectivity index (χ0) is 50.4. The van der Waals surface area contributed by atoms with Crippen LogP contribution in [-0.2, 0) is 14.3 Å². The van der Waals surface area contributed by atoms with Crippen molar-refractivity contribution in [3.8, 4) is 0 Å². The summed E-state index contributed by atoms with van der Waals surface area (Å²) in [5.41, 5.74) is 0. The van der Waals surface area contributed by atoms with Gasteiger partial charge in [-0.25, -0.2) is 0 Å². The summed E-state index contributed by atoms with van der Waals surface area (Å²) in [6.45, 7) is 3.41. The lowest BCUT2D eigenvalue weighted by Crippen LogP contribution is -2.60. The van der Waals surface area contributed by atoms with Crippen LogP contribution in [0.5, 0.6) is 0 Å². The molecule has 0 saturated carbocycles. The van der Waals surface area contributed by atoms with E-state index in [1.807, 2.05) is 0 Å². The summed E-state index contributed by atoms with van der Waals surface area (Å²) in [6, 6.07) is -1.20. The summed E-state index contributed by atoms with van der Waals surface area (Å²) in [5.74, 6) is -0.730. The number of carbonyl (C=O) groups excluding carboxylic acids is 1. The van der Waals surface area contributed by atoms with E-state index in [4.69, 9.17) is 9.47 Å². The van der Waals surface area contributed by atoms with E-state index in [9.17, 15) is 40.5 Å². The third-order valence-corrected chi connectivity index (χ3v) is 13.6. The molecule has 69 heavy (non-hydrogen) atoms. The summed E-state index contributed by atoms with van der Waals surface area (Å²) in [4.78, 5) is 13.1. The van der Waals surface area contributed by atoms with Crippen molar-refractivity contribution in [2.45, 2.75) is 300 Å². The Kier molecular flexibility index (Phi) is 44.4. The van der Waals surface area contributed by atoms with Crippen LogP contribution in [-0.4, -0.2) is 110 Å². The highest BCUT2D eigenvalue weighted by atomic mass is 16.7. The van der Waals surface area contributed by atoms with Gasteiger partial charge in [-0.1, -0.05) is 204 Å². The SMILES string of the molecule is CCCCCCCC/C=C\CCCCC(O)C(=O)NC(COC1OC(CO)C(O)C(O)C1O)C(O)C(O)CCC/C=C/CC/C=C/CC/C=C/CCCCCCCCCCCCCCCCCCC. The minimum Gasteiger partial charge on any atom is -0.394 e. The highest BCUT2D eigenvalue weighted by molar-refractivity contribution is 5.80. The number of allylic oxidation sites excluding steroid dienone is 8. The van der Waals surface area contributed by atoms with Crippen molar-refractivity contribution in [3.63, 3.8) is 0 Å². The van der Waals surface area contributed by atoms with Crippen LogP contribution in [0, 0.1) is 0 Å². The molecule has 0 aromatic heterocycles. The van der Waals surface area contributed by atoms with Crippen molar-refractivity contribution in [2.75, 3.05) is 13.2 Å². The lowest BCUT2D eigenvalue weighted by atomic mass is 9.98. The summed E-state index contributed by atoms with van der Waals surface area (Å²) < 4.78 is 11.1. The fourth-order valence-electron chi connectivity index (χ4n) is 8.88. The van der Waals surface area contributed by atoms with Crippen molar-refractivity contribution in [1.82, 2.24) is 5.32 Å². The standard InChI is InChI=1S/C58H107NO10/c1-3-5-7-9-11-13-15-17-18-19-20-21-22-23-24-25-26-27-28-29-30-31-32-33-34-36-37-39-41-43-45-50(61)53(63)49(48-68-58-56(66)55(65)54(64)52(47-60)69-58)59-57(67)51(62)46-44-42-40-38-35-16-14-12-10-8-6-4-2/h28-29,32-33,35,37-39,49-56,58,60-66H,3-27,30-31,34,36,40-48H2,1-2H3,(H,59,67)/b29-28+,33-32+,38-35-,39-37+. The first kappa shape index (κ1) is 65.1. The average Bonchev–Trinajstić information content (AvgIpc) is 3.35. The number of carbonyl (C=O) groups is 1. The van der Waals surface area contributed by atoms with E-state index in [0.29, 0.717) is 19.3 Å². The topological polar surface area (TPSA) is 189 Å². The number of hydrogen-bond donors (Lipinski definition) is 8. The van der Waals surface area contributed by atoms with Crippen LogP contribution in [0.25, 0.3) is 0 Å². The highest BCUT2D eigenvalue weighted by Gasteiger charge is 2.44. The minimum absolute atomic E-state index is 0.217. The van der Waals surface area contributed by atoms with Gasteiger partial charge in [0.05, 0.1) is 25.4 Å². The normalized spacial score (nSPS) is 20.7. The second-order valence-electron chi connectivity index (χ2n) is 20.0. The van der Waals surface area contributed by atoms with Crippen LogP contribution in [0.15, 0.2) is 48.6 Å². The Hall–Kier alpha value is -1.93. The quantitative estimate of drug-likeness (QED) is 0.0215. The van der Waals surface area contributed by atoms with Crippen LogP contribution >= 0.6 is 0 Å². The van der Waals surface area contributed by atoms with Crippen molar-refractivity contribution < 1.29 is 50.0 Å². The molecule has 0 bridgehead atoms. The fraction of sp³-hybridized carbons (Fsp3) is 0.845. The first-order valence-electron chi connectivity index (χ1n) is 28.5. The molecule has 1 amide bonds. The minimum atomic E-state index is -1.68. The predicted molar refractivity (Wildman–Crippen MR) is 284 cm³/mol. The number of hydrogen-bond acceptors (Lipinski definition) is 10. The average molecular weight is 978 g/mol. The Morgan fingerprint density at radius 1 is 0.493 bits per heavy atom. The number of unbranched alkanes of at least 4 members (excludes halogenated alkanes) is 28. The van der Waals surface area contributed by atoms with Crippen molar-refractivity contribution in [2.24, 2.45) is 0 Å². The van der Waals surface area contributed by atoms with E-state index in [1.165, 1.54) is 154 Å². The summed E-state index contributed by atoms with van der Waals surface area (Å²) >= 11 is 0. The Morgan fingerprint density at radius 3 is 1.29 bits per heavy atom. The van der Waals surface area contributed by atoms with Crippen molar-refractivity contribution in [3.05, 3.63) is 48.6 Å². The molecule has 0 aliphatic carbocycles. The van der Waals surface area contributed by atoms with Crippen molar-refractivity contribution in [1.29, 1.82) is 0 Å². The Morgan fingerprint density at radius 2 is 0.870 bits per heavy atom. The molecule has 1 heterocycles. The van der Waals surface area contributed by atoms with Gasteiger partial charge in [-0.2, -0.15) is 0 Å². The number of aliphatic hydroxyl groups excluding tert-OH is 7. The molecule has 1 fully saturated rings. The van der Waals surface area contributed by atoms with Crippen molar-refractivity contribution >= 4 is 5.91 Å². The van der Waals surface area contributed by atoms with Gasteiger partial charge in [0.15, 0.2) is 6.29 Å². The van der Waals surface area contributed by atoms with Gasteiger partial charge in [0.1, 0.15) is 36.6 Å². The lowest BCUT2D eigenvalue weighted by molar-refractivity contribution is -0.303. The predicted octanol–water partition coefficient (Wildman–Crippen LogP) is 11.7. The second kappa shape index (κ2) is 47.1. The van der Waals surface area contributed by atoms with E-state index >= 15 is 0 Å². The number of amides is 1. The van der Waals surface area contributed by atoms with E-state index in [-0.39, 0.29) is 12.8 Å². The third-order valence-electron chi connectivity index (χ3n) is 13.6. The first-order chi connectivity index (χ1) is 33.7. The summed E-state index contributed by atoms with van der Waals surface area (Å²) in [7, 11) is 0.